The first-order valence-corrected chi connectivity index (χ1v) is 9.72. The zero-order chi connectivity index (χ0) is 18.2. The van der Waals surface area contributed by atoms with Crippen molar-refractivity contribution in [2.24, 2.45) is 4.99 Å². The maximum atomic E-state index is 12.0. The first-order valence-electron chi connectivity index (χ1n) is 7.66. The van der Waals surface area contributed by atoms with Gasteiger partial charge in [0.2, 0.25) is 0 Å². The molecule has 9 heteroatoms. The van der Waals surface area contributed by atoms with Crippen LogP contribution in [0.25, 0.3) is 0 Å². The van der Waals surface area contributed by atoms with Crippen LogP contribution >= 0.6 is 24.0 Å². The summed E-state index contributed by atoms with van der Waals surface area (Å²) in [6.07, 6.45) is 1.92. The molecule has 1 rings (SSSR count). The van der Waals surface area contributed by atoms with Crippen molar-refractivity contribution in [3.05, 3.63) is 35.4 Å². The number of hydrogen-bond donors (Lipinski definition) is 2. The van der Waals surface area contributed by atoms with E-state index < -0.39 is 9.84 Å². The molecule has 0 saturated heterocycles. The van der Waals surface area contributed by atoms with Crippen molar-refractivity contribution in [1.82, 2.24) is 15.5 Å². The molecule has 0 bridgehead atoms. The minimum Gasteiger partial charge on any atom is -0.356 e. The Bertz CT molecular complexity index is 690. The summed E-state index contributed by atoms with van der Waals surface area (Å²) in [5.41, 5.74) is 1.70. The molecule has 0 aliphatic rings. The summed E-state index contributed by atoms with van der Waals surface area (Å²) in [5, 5.41) is 6.08. The summed E-state index contributed by atoms with van der Waals surface area (Å²) in [7, 11) is 2.09. The summed E-state index contributed by atoms with van der Waals surface area (Å²) in [6.45, 7) is 0.934. The third-order valence-corrected chi connectivity index (χ3v) is 4.22. The molecule has 0 spiro atoms. The van der Waals surface area contributed by atoms with Gasteiger partial charge in [-0.3, -0.25) is 9.79 Å². The van der Waals surface area contributed by atoms with Crippen LogP contribution in [0.5, 0.6) is 0 Å². The lowest BCUT2D eigenvalue weighted by Crippen LogP contribution is -2.40. The second kappa shape index (κ2) is 11.3. The lowest BCUT2D eigenvalue weighted by molar-refractivity contribution is 0.0827. The average Bonchev–Trinajstić information content (AvgIpc) is 2.51. The molecule has 0 aliphatic heterocycles. The molecule has 0 heterocycles. The van der Waals surface area contributed by atoms with Crippen LogP contribution in [0.1, 0.15) is 15.9 Å². The largest absolute Gasteiger partial charge is 0.356 e. The molecule has 2 N–H and O–H groups in total. The van der Waals surface area contributed by atoms with Crippen LogP contribution < -0.4 is 10.6 Å². The van der Waals surface area contributed by atoms with Gasteiger partial charge in [-0.15, -0.1) is 24.0 Å². The van der Waals surface area contributed by atoms with Gasteiger partial charge in [-0.2, -0.15) is 0 Å². The number of rotatable bonds is 7. The number of hydrogen-bond acceptors (Lipinski definition) is 4. The molecule has 0 fully saturated rings. The maximum absolute atomic E-state index is 12.0. The fourth-order valence-corrected chi connectivity index (χ4v) is 2.49. The van der Waals surface area contributed by atoms with E-state index in [0.717, 1.165) is 12.0 Å². The number of halogens is 1. The van der Waals surface area contributed by atoms with E-state index in [9.17, 15) is 13.2 Å². The van der Waals surface area contributed by atoms with Crippen LogP contribution in [0.3, 0.4) is 0 Å². The van der Waals surface area contributed by atoms with Gasteiger partial charge in [0.15, 0.2) is 5.96 Å². The van der Waals surface area contributed by atoms with Crippen molar-refractivity contribution in [3.63, 3.8) is 0 Å². The van der Waals surface area contributed by atoms with Gasteiger partial charge < -0.3 is 15.5 Å². The minimum atomic E-state index is -2.99. The van der Waals surface area contributed by atoms with E-state index in [4.69, 9.17) is 0 Å². The molecule has 142 valence electrons. The molecule has 0 aromatic heterocycles. The smallest absolute Gasteiger partial charge is 0.253 e. The van der Waals surface area contributed by atoms with E-state index in [-0.39, 0.29) is 35.6 Å². The Balaban J connectivity index is 0.00000576. The number of benzene rings is 1. The summed E-state index contributed by atoms with van der Waals surface area (Å²) in [6, 6.07) is 7.51. The first kappa shape index (κ1) is 23.6. The monoisotopic (exact) mass is 482 g/mol. The highest BCUT2D eigenvalue weighted by Crippen LogP contribution is 2.07. The third-order valence-electron chi connectivity index (χ3n) is 3.28. The van der Waals surface area contributed by atoms with Gasteiger partial charge in [0, 0.05) is 46.1 Å². The number of aliphatic imine (C=N–C) groups is 1. The van der Waals surface area contributed by atoms with Gasteiger partial charge in [-0.1, -0.05) is 12.1 Å². The van der Waals surface area contributed by atoms with Gasteiger partial charge in [-0.25, -0.2) is 8.42 Å². The van der Waals surface area contributed by atoms with Crippen molar-refractivity contribution < 1.29 is 13.2 Å². The quantitative estimate of drug-likeness (QED) is 0.340. The van der Waals surface area contributed by atoms with Gasteiger partial charge in [0.1, 0.15) is 9.84 Å². The Morgan fingerprint density at radius 3 is 2.40 bits per heavy atom. The van der Waals surface area contributed by atoms with Crippen molar-refractivity contribution >= 4 is 45.7 Å². The highest BCUT2D eigenvalue weighted by Gasteiger charge is 2.08. The van der Waals surface area contributed by atoms with E-state index in [1.807, 2.05) is 18.2 Å². The summed E-state index contributed by atoms with van der Waals surface area (Å²) in [4.78, 5) is 17.5. The van der Waals surface area contributed by atoms with E-state index >= 15 is 0 Å². The standard InChI is InChI=1S/C16H26N4O3S.HI/c1-17-16(19-10-11-24(4,22)23)18-9-8-13-6-5-7-14(12-13)15(21)20(2)3;/h5-7,12H,8-11H2,1-4H3,(H2,17,18,19);1H. The van der Waals surface area contributed by atoms with Crippen molar-refractivity contribution in [2.45, 2.75) is 6.42 Å². The van der Waals surface area contributed by atoms with Crippen LogP contribution in [-0.4, -0.2) is 71.4 Å². The molecule has 0 aliphatic carbocycles. The van der Waals surface area contributed by atoms with Crippen molar-refractivity contribution in [1.29, 1.82) is 0 Å². The number of sulfone groups is 1. The van der Waals surface area contributed by atoms with Crippen LogP contribution in [0.2, 0.25) is 0 Å². The number of carbonyl (C=O) groups excluding carboxylic acids is 1. The third kappa shape index (κ3) is 9.63. The number of carbonyl (C=O) groups is 1. The highest BCUT2D eigenvalue weighted by atomic mass is 127. The molecule has 0 unspecified atom stereocenters. The van der Waals surface area contributed by atoms with E-state index in [2.05, 4.69) is 15.6 Å². The molecule has 1 aromatic rings. The second-order valence-corrected chi connectivity index (χ2v) is 7.97. The fourth-order valence-electron chi connectivity index (χ4n) is 2.02. The zero-order valence-corrected chi connectivity index (χ0v) is 18.2. The Kier molecular flexibility index (Phi) is 10.7. The van der Waals surface area contributed by atoms with E-state index in [1.165, 1.54) is 6.26 Å². The molecule has 0 saturated carbocycles. The SMILES string of the molecule is CN=C(NCCc1cccc(C(=O)N(C)C)c1)NCCS(C)(=O)=O.I. The highest BCUT2D eigenvalue weighted by molar-refractivity contribution is 14.0. The predicted octanol–water partition coefficient (Wildman–Crippen LogP) is 0.758. The van der Waals surface area contributed by atoms with Crippen LogP contribution in [0.4, 0.5) is 0 Å². The lowest BCUT2D eigenvalue weighted by Gasteiger charge is -2.13. The first-order chi connectivity index (χ1) is 11.2. The summed E-state index contributed by atoms with van der Waals surface area (Å²) in [5.74, 6) is 0.588. The topological polar surface area (TPSA) is 90.9 Å². The molecule has 0 atom stereocenters. The molecule has 1 amide bonds. The number of amides is 1. The molecule has 0 radical (unpaired) electrons. The van der Waals surface area contributed by atoms with E-state index in [0.29, 0.717) is 24.6 Å². The number of nitrogens with zero attached hydrogens (tertiary/aromatic N) is 2. The lowest BCUT2D eigenvalue weighted by atomic mass is 10.1. The van der Waals surface area contributed by atoms with Crippen molar-refractivity contribution in [3.8, 4) is 0 Å². The van der Waals surface area contributed by atoms with Gasteiger partial charge in [-0.05, 0) is 24.1 Å². The van der Waals surface area contributed by atoms with Gasteiger partial charge in [0.05, 0.1) is 5.75 Å². The molecule has 25 heavy (non-hydrogen) atoms. The average molecular weight is 482 g/mol. The molecular formula is C16H27IN4O3S. The number of nitrogens with one attached hydrogen (secondary N) is 2. The Hall–Kier alpha value is -1.36. The second-order valence-electron chi connectivity index (χ2n) is 5.71. The van der Waals surface area contributed by atoms with Crippen LogP contribution in [-0.2, 0) is 16.3 Å². The summed E-state index contributed by atoms with van der Waals surface area (Å²) >= 11 is 0. The van der Waals surface area contributed by atoms with Crippen molar-refractivity contribution in [2.75, 3.05) is 46.2 Å². The Morgan fingerprint density at radius 2 is 1.84 bits per heavy atom. The van der Waals surface area contributed by atoms with E-state index in [1.54, 1.807) is 32.1 Å². The minimum absolute atomic E-state index is 0. The molecular weight excluding hydrogens is 455 g/mol. The zero-order valence-electron chi connectivity index (χ0n) is 15.1. The normalized spacial score (nSPS) is 11.4. The number of guanidine groups is 1. The van der Waals surface area contributed by atoms with Gasteiger partial charge in [0.25, 0.3) is 5.91 Å². The maximum Gasteiger partial charge on any atom is 0.253 e. The van der Waals surface area contributed by atoms with Crippen LogP contribution in [0.15, 0.2) is 29.3 Å². The molecule has 7 nitrogen and oxygen atoms in total. The predicted molar refractivity (Wildman–Crippen MR) is 113 cm³/mol. The summed E-state index contributed by atoms with van der Waals surface area (Å²) < 4.78 is 22.2. The fraction of sp³-hybridized carbons (Fsp3) is 0.500. The Morgan fingerprint density at radius 1 is 1.20 bits per heavy atom. The van der Waals surface area contributed by atoms with Gasteiger partial charge >= 0.3 is 0 Å². The Labute approximate surface area is 167 Å². The van der Waals surface area contributed by atoms with Crippen LogP contribution in [0, 0.1) is 0 Å². The molecule has 1 aromatic carbocycles.